The third-order valence-corrected chi connectivity index (χ3v) is 16.7. The summed E-state index contributed by atoms with van der Waals surface area (Å²) in [5.74, 6) is 0.396. The monoisotopic (exact) mass is 666 g/mol. The van der Waals surface area contributed by atoms with E-state index >= 15 is 0 Å². The largest absolute Gasteiger partial charge is 0.345 e. The number of hydrogen-bond donors (Lipinski definition) is 0. The average molecular weight is 667 g/mol. The van der Waals surface area contributed by atoms with E-state index in [2.05, 4.69) is 90.7 Å². The van der Waals surface area contributed by atoms with Gasteiger partial charge in [0.15, 0.2) is 0 Å². The lowest BCUT2D eigenvalue weighted by atomic mass is 9.57. The van der Waals surface area contributed by atoms with Crippen molar-refractivity contribution in [1.82, 2.24) is 9.80 Å². The summed E-state index contributed by atoms with van der Waals surface area (Å²) in [5.41, 5.74) is 7.64. The lowest BCUT2D eigenvalue weighted by molar-refractivity contribution is -0.125. The van der Waals surface area contributed by atoms with Crippen molar-refractivity contribution in [2.75, 3.05) is 28.2 Å². The van der Waals surface area contributed by atoms with E-state index in [0.717, 1.165) is 36.1 Å². The van der Waals surface area contributed by atoms with E-state index in [9.17, 15) is 9.59 Å². The van der Waals surface area contributed by atoms with Gasteiger partial charge in [0.1, 0.15) is 0 Å². The summed E-state index contributed by atoms with van der Waals surface area (Å²) in [6.07, 6.45) is 6.97. The molecule has 0 aromatic rings. The van der Waals surface area contributed by atoms with Crippen LogP contribution in [-0.2, 0) is 9.59 Å². The number of amides is 2. The summed E-state index contributed by atoms with van der Waals surface area (Å²) >= 11 is 0. The van der Waals surface area contributed by atoms with E-state index in [1.54, 1.807) is 22.3 Å². The molecule has 4 aliphatic rings. The second-order valence-electron chi connectivity index (χ2n) is 20.5. The van der Waals surface area contributed by atoms with E-state index < -0.39 is 32.3 Å². The molecular formula is C36H62N2O2Si4. The molecule has 0 aromatic carbocycles. The van der Waals surface area contributed by atoms with Crippen LogP contribution in [0.1, 0.15) is 12.8 Å². The zero-order valence-electron chi connectivity index (χ0n) is 31.1. The first-order valence-corrected chi connectivity index (χ1v) is 31.9. The maximum absolute atomic E-state index is 14.5. The predicted molar refractivity (Wildman–Crippen MR) is 199 cm³/mol. The molecule has 4 spiro atoms. The van der Waals surface area contributed by atoms with Gasteiger partial charge in [0, 0.05) is 93.3 Å². The van der Waals surface area contributed by atoms with Gasteiger partial charge in [-0.3, -0.25) is 9.59 Å². The molecule has 0 bridgehead atoms. The van der Waals surface area contributed by atoms with Gasteiger partial charge in [0.25, 0.3) is 0 Å². The van der Waals surface area contributed by atoms with E-state index in [0.29, 0.717) is 0 Å². The molecule has 4 unspecified atom stereocenters. The van der Waals surface area contributed by atoms with Crippen molar-refractivity contribution >= 4 is 44.1 Å². The van der Waals surface area contributed by atoms with Crippen LogP contribution in [0.4, 0.5) is 0 Å². The van der Waals surface area contributed by atoms with Crippen LogP contribution in [0.5, 0.6) is 0 Å². The van der Waals surface area contributed by atoms with Crippen LogP contribution in [0, 0.1) is 21.7 Å². The van der Waals surface area contributed by atoms with Gasteiger partial charge in [0.2, 0.25) is 11.8 Å². The Bertz CT molecular complexity index is 1350. The number of allylic oxidation sites excluding steroid dienone is 6. The van der Waals surface area contributed by atoms with Crippen molar-refractivity contribution < 1.29 is 9.59 Å². The fourth-order valence-corrected chi connectivity index (χ4v) is 16.0. The van der Waals surface area contributed by atoms with E-state index in [-0.39, 0.29) is 33.5 Å². The summed E-state index contributed by atoms with van der Waals surface area (Å²) < 4.78 is 0. The number of rotatable bonds is 10. The summed E-state index contributed by atoms with van der Waals surface area (Å²) in [7, 11) is 1.52. The number of carbonyl (C=O) groups excluding carboxylic acids is 2. The Morgan fingerprint density at radius 2 is 0.773 bits per heavy atom. The molecule has 8 heteroatoms. The van der Waals surface area contributed by atoms with Crippen molar-refractivity contribution in [2.24, 2.45) is 21.7 Å². The van der Waals surface area contributed by atoms with Crippen LogP contribution in [0.2, 0.25) is 103 Å². The second-order valence-corrected chi connectivity index (χ2v) is 42.4. The van der Waals surface area contributed by atoms with Gasteiger partial charge in [-0.15, -0.1) is 0 Å². The zero-order chi connectivity index (χ0) is 33.4. The number of fused-ring (bicyclic) bond motifs is 2. The molecule has 2 fully saturated rings. The van der Waals surface area contributed by atoms with Gasteiger partial charge >= 0.3 is 0 Å². The maximum atomic E-state index is 14.5. The molecule has 0 aliphatic heterocycles. The van der Waals surface area contributed by atoms with Crippen molar-refractivity contribution in [1.29, 1.82) is 0 Å². The van der Waals surface area contributed by atoms with E-state index in [1.165, 1.54) is 12.1 Å². The van der Waals surface area contributed by atoms with Gasteiger partial charge in [-0.05, 0) is 37.0 Å². The normalized spacial score (nSPS) is 32.5. The van der Waals surface area contributed by atoms with Gasteiger partial charge in [0.05, 0.1) is 0 Å². The third kappa shape index (κ3) is 4.89. The average Bonchev–Trinajstić information content (AvgIpc) is 3.66. The first-order valence-electron chi connectivity index (χ1n) is 17.0. The van der Waals surface area contributed by atoms with Crippen LogP contribution in [-0.4, -0.2) is 82.1 Å². The highest BCUT2D eigenvalue weighted by molar-refractivity contribution is 6.78. The quantitative estimate of drug-likeness (QED) is 0.173. The first kappa shape index (κ1) is 34.1. The molecule has 244 valence electrons. The molecule has 0 N–H and O–H groups in total. The van der Waals surface area contributed by atoms with Crippen molar-refractivity contribution in [3.05, 3.63) is 45.6 Å². The summed E-state index contributed by atoms with van der Waals surface area (Å²) in [5, 5.41) is 0. The Morgan fingerprint density at radius 1 is 0.523 bits per heavy atom. The minimum Gasteiger partial charge on any atom is -0.345 e. The second kappa shape index (κ2) is 9.66. The summed E-state index contributed by atoms with van der Waals surface area (Å²) in [6.45, 7) is 30.3. The molecule has 2 amide bonds. The van der Waals surface area contributed by atoms with E-state index in [1.807, 2.05) is 38.0 Å². The Hall–Kier alpha value is -1.23. The fraction of sp³-hybridized carbons (Fsp3) is 0.722. The Morgan fingerprint density at radius 3 is 1.00 bits per heavy atom. The standard InChI is InChI=1S/C36H62N2O2Si4/c1-37(2)31(39)25-17-33-24-36(33)26(32(40)38(3)4)18-34(28(20-42(8,9)10)30(36)22-44(14,15)16)23-35(25,34)29(21-43(11,12)13)27(33)19-41(5,6)7/h17-18H,19-24H2,1-16H3. The first-order chi connectivity index (χ1) is 19.7. The number of carbonyl (C=O) groups is 2. The van der Waals surface area contributed by atoms with Gasteiger partial charge in [-0.1, -0.05) is 113 Å². The minimum absolute atomic E-state index is 0.198. The molecule has 4 atom stereocenters. The molecule has 4 aliphatic carbocycles. The summed E-state index contributed by atoms with van der Waals surface area (Å²) in [6, 6.07) is 4.64. The lowest BCUT2D eigenvalue weighted by Crippen LogP contribution is -2.47. The smallest absolute Gasteiger partial charge is 0.249 e. The van der Waals surface area contributed by atoms with Crippen molar-refractivity contribution in [3.8, 4) is 0 Å². The molecule has 0 aromatic heterocycles. The minimum atomic E-state index is -1.57. The summed E-state index contributed by atoms with van der Waals surface area (Å²) in [4.78, 5) is 32.7. The van der Waals surface area contributed by atoms with E-state index in [4.69, 9.17) is 0 Å². The highest BCUT2D eigenvalue weighted by atomic mass is 28.3. The molecule has 4 rings (SSSR count). The molecule has 2 saturated carbocycles. The highest BCUT2D eigenvalue weighted by Gasteiger charge is 2.85. The van der Waals surface area contributed by atoms with Gasteiger partial charge < -0.3 is 9.80 Å². The molecule has 0 radical (unpaired) electrons. The predicted octanol–water partition coefficient (Wildman–Crippen LogP) is 8.76. The van der Waals surface area contributed by atoms with Gasteiger partial charge in [-0.2, -0.15) is 0 Å². The van der Waals surface area contributed by atoms with Crippen LogP contribution in [0.25, 0.3) is 0 Å². The molecule has 0 saturated heterocycles. The maximum Gasteiger partial charge on any atom is 0.249 e. The SMILES string of the molecule is CN(C)C(=O)C1=CC23CC24C(C(=O)N(C)C)=CC2(CC12C(C[Si](C)(C)C)=C3C[Si](C)(C)C)C(C[Si](C)(C)C)=C4C[Si](C)(C)C. The molecule has 44 heavy (non-hydrogen) atoms. The molecule has 0 heterocycles. The van der Waals surface area contributed by atoms with Crippen LogP contribution in [0.15, 0.2) is 45.6 Å². The van der Waals surface area contributed by atoms with Crippen molar-refractivity contribution in [3.63, 3.8) is 0 Å². The Labute approximate surface area is 273 Å². The zero-order valence-corrected chi connectivity index (χ0v) is 35.1. The van der Waals surface area contributed by atoms with Crippen LogP contribution < -0.4 is 0 Å². The molecule has 4 nitrogen and oxygen atoms in total. The Balaban J connectivity index is 1.98. The fourth-order valence-electron chi connectivity index (χ4n) is 9.68. The number of nitrogens with zero attached hydrogens (tertiary/aromatic N) is 2. The molecular weight excluding hydrogens is 605 g/mol. The topological polar surface area (TPSA) is 40.6 Å². The van der Waals surface area contributed by atoms with Crippen LogP contribution >= 0.6 is 0 Å². The number of likely N-dealkylation sites (N-methyl/N-ethyl adjacent to an activating group) is 2. The Kier molecular flexibility index (Phi) is 7.49. The highest BCUT2D eigenvalue weighted by Crippen LogP contribution is 2.92. The van der Waals surface area contributed by atoms with Gasteiger partial charge in [-0.25, -0.2) is 0 Å². The number of hydrogen-bond acceptors (Lipinski definition) is 2. The lowest BCUT2D eigenvalue weighted by Gasteiger charge is -2.51. The van der Waals surface area contributed by atoms with Crippen LogP contribution in [0.3, 0.4) is 0 Å². The third-order valence-electron chi connectivity index (χ3n) is 11.0. The van der Waals surface area contributed by atoms with Crippen molar-refractivity contribution in [2.45, 2.75) is 116 Å².